The third-order valence-corrected chi connectivity index (χ3v) is 4.78. The molecule has 0 saturated heterocycles. The third kappa shape index (κ3) is 2.35. The molecule has 2 N–H and O–H groups in total. The second-order valence-corrected chi connectivity index (χ2v) is 6.19. The fraction of sp³-hybridized carbons (Fsp3) is 0.333. The number of nitrogens with one attached hydrogen (secondary N) is 1. The van der Waals surface area contributed by atoms with Crippen molar-refractivity contribution in [2.24, 2.45) is 7.05 Å². The number of hydrogen-bond donors (Lipinski definition) is 2. The summed E-state index contributed by atoms with van der Waals surface area (Å²) in [5.74, 6) is 0.839. The van der Waals surface area contributed by atoms with Crippen LogP contribution >= 0.6 is 0 Å². The summed E-state index contributed by atoms with van der Waals surface area (Å²) >= 11 is 0. The van der Waals surface area contributed by atoms with E-state index in [0.717, 1.165) is 34.3 Å². The SMILES string of the molecule is Cn1nnc2cccc(CNC3(CO)CCOc4ccccc43)c21. The van der Waals surface area contributed by atoms with Crippen molar-refractivity contribution < 1.29 is 9.84 Å². The highest BCUT2D eigenvalue weighted by atomic mass is 16.5. The predicted octanol–water partition coefficient (Wildman–Crippen LogP) is 1.73. The van der Waals surface area contributed by atoms with Gasteiger partial charge in [0.15, 0.2) is 0 Å². The Bertz CT molecular complexity index is 876. The van der Waals surface area contributed by atoms with Crippen molar-refractivity contribution in [2.45, 2.75) is 18.5 Å². The van der Waals surface area contributed by atoms with Crippen molar-refractivity contribution >= 4 is 11.0 Å². The van der Waals surface area contributed by atoms with Crippen LogP contribution in [0.5, 0.6) is 5.75 Å². The number of fused-ring (bicyclic) bond motifs is 2. The van der Waals surface area contributed by atoms with Gasteiger partial charge in [-0.1, -0.05) is 35.5 Å². The number of nitrogens with zero attached hydrogens (tertiary/aromatic N) is 3. The smallest absolute Gasteiger partial charge is 0.124 e. The largest absolute Gasteiger partial charge is 0.493 e. The second kappa shape index (κ2) is 5.89. The summed E-state index contributed by atoms with van der Waals surface area (Å²) in [4.78, 5) is 0. The number of benzene rings is 2. The van der Waals surface area contributed by atoms with Gasteiger partial charge >= 0.3 is 0 Å². The molecule has 0 radical (unpaired) electrons. The molecule has 1 aliphatic heterocycles. The van der Waals surface area contributed by atoms with Crippen LogP contribution in [0.15, 0.2) is 42.5 Å². The van der Waals surface area contributed by atoms with Crippen molar-refractivity contribution in [3.63, 3.8) is 0 Å². The first-order valence-corrected chi connectivity index (χ1v) is 8.09. The highest BCUT2D eigenvalue weighted by Gasteiger charge is 2.36. The van der Waals surface area contributed by atoms with Gasteiger partial charge in [-0.3, -0.25) is 0 Å². The van der Waals surface area contributed by atoms with E-state index in [2.05, 4.69) is 21.7 Å². The van der Waals surface area contributed by atoms with Gasteiger partial charge in [-0.05, 0) is 17.7 Å². The number of aryl methyl sites for hydroxylation is 1. The Labute approximate surface area is 140 Å². The molecule has 0 fully saturated rings. The lowest BCUT2D eigenvalue weighted by molar-refractivity contribution is 0.106. The Kier molecular flexibility index (Phi) is 3.70. The van der Waals surface area contributed by atoms with Gasteiger partial charge < -0.3 is 15.2 Å². The van der Waals surface area contributed by atoms with Gasteiger partial charge in [0.05, 0.1) is 24.3 Å². The average Bonchev–Trinajstić information content (AvgIpc) is 3.02. The lowest BCUT2D eigenvalue weighted by Crippen LogP contribution is -2.48. The molecule has 6 heteroatoms. The molecule has 1 aromatic heterocycles. The normalized spacial score (nSPS) is 19.9. The van der Waals surface area contributed by atoms with E-state index in [1.807, 2.05) is 43.4 Å². The van der Waals surface area contributed by atoms with E-state index < -0.39 is 5.54 Å². The van der Waals surface area contributed by atoms with Gasteiger partial charge in [0.2, 0.25) is 0 Å². The van der Waals surface area contributed by atoms with E-state index in [-0.39, 0.29) is 6.61 Å². The summed E-state index contributed by atoms with van der Waals surface area (Å²) in [7, 11) is 1.89. The number of aromatic nitrogens is 3. The number of ether oxygens (including phenoxy) is 1. The molecule has 3 aromatic rings. The molecule has 0 saturated carbocycles. The van der Waals surface area contributed by atoms with Crippen LogP contribution in [0.3, 0.4) is 0 Å². The van der Waals surface area contributed by atoms with Crippen LogP contribution in [-0.2, 0) is 19.1 Å². The van der Waals surface area contributed by atoms with Gasteiger partial charge in [0, 0.05) is 25.6 Å². The van der Waals surface area contributed by atoms with Crippen LogP contribution in [0, 0.1) is 0 Å². The molecule has 124 valence electrons. The Morgan fingerprint density at radius 1 is 1.25 bits per heavy atom. The van der Waals surface area contributed by atoms with E-state index in [4.69, 9.17) is 4.74 Å². The zero-order chi connectivity index (χ0) is 16.6. The summed E-state index contributed by atoms with van der Waals surface area (Å²) < 4.78 is 7.52. The highest BCUT2D eigenvalue weighted by molar-refractivity contribution is 5.77. The first-order chi connectivity index (χ1) is 11.7. The number of rotatable bonds is 4. The van der Waals surface area contributed by atoms with Crippen LogP contribution in [0.2, 0.25) is 0 Å². The van der Waals surface area contributed by atoms with Gasteiger partial charge in [-0.25, -0.2) is 4.68 Å². The topological polar surface area (TPSA) is 72.2 Å². The quantitative estimate of drug-likeness (QED) is 0.765. The predicted molar refractivity (Wildman–Crippen MR) is 90.7 cm³/mol. The molecule has 1 aliphatic rings. The second-order valence-electron chi connectivity index (χ2n) is 6.19. The minimum Gasteiger partial charge on any atom is -0.493 e. The Hall–Kier alpha value is -2.44. The minimum atomic E-state index is -0.497. The van der Waals surface area contributed by atoms with Crippen LogP contribution in [0.25, 0.3) is 11.0 Å². The standard InChI is InChI=1S/C18H20N4O2/c1-22-17-13(5-4-7-15(17)20-21-22)11-19-18(12-23)9-10-24-16-8-3-2-6-14(16)18/h2-8,19,23H,9-12H2,1H3. The number of aliphatic hydroxyl groups excluding tert-OH is 1. The fourth-order valence-electron chi connectivity index (χ4n) is 3.46. The van der Waals surface area contributed by atoms with Crippen LogP contribution in [-0.4, -0.2) is 33.3 Å². The molecule has 0 amide bonds. The molecule has 2 heterocycles. The molecule has 1 atom stereocenters. The summed E-state index contributed by atoms with van der Waals surface area (Å²) in [6, 6.07) is 13.9. The lowest BCUT2D eigenvalue weighted by atomic mass is 9.85. The number of para-hydroxylation sites is 2. The summed E-state index contributed by atoms with van der Waals surface area (Å²) in [6.07, 6.45) is 0.722. The highest BCUT2D eigenvalue weighted by Crippen LogP contribution is 2.37. The maximum atomic E-state index is 10.1. The molecular formula is C18H20N4O2. The van der Waals surface area contributed by atoms with Gasteiger partial charge in [-0.15, -0.1) is 5.10 Å². The maximum Gasteiger partial charge on any atom is 0.124 e. The minimum absolute atomic E-state index is 0.0208. The third-order valence-electron chi connectivity index (χ3n) is 4.78. The van der Waals surface area contributed by atoms with E-state index in [9.17, 15) is 5.11 Å². The first kappa shape index (κ1) is 15.1. The molecular weight excluding hydrogens is 304 g/mol. The molecule has 6 nitrogen and oxygen atoms in total. The molecule has 0 bridgehead atoms. The van der Waals surface area contributed by atoms with Crippen LogP contribution in [0.4, 0.5) is 0 Å². The van der Waals surface area contributed by atoms with E-state index in [1.165, 1.54) is 0 Å². The fourth-order valence-corrected chi connectivity index (χ4v) is 3.46. The van der Waals surface area contributed by atoms with E-state index >= 15 is 0 Å². The summed E-state index contributed by atoms with van der Waals surface area (Å²) in [5, 5.41) is 22.0. The van der Waals surface area contributed by atoms with Gasteiger partial charge in [0.25, 0.3) is 0 Å². The zero-order valence-electron chi connectivity index (χ0n) is 13.6. The molecule has 4 rings (SSSR count). The Morgan fingerprint density at radius 3 is 3.00 bits per heavy atom. The van der Waals surface area contributed by atoms with Crippen molar-refractivity contribution in [1.29, 1.82) is 0 Å². The van der Waals surface area contributed by atoms with Gasteiger partial charge in [-0.2, -0.15) is 0 Å². The molecule has 0 spiro atoms. The van der Waals surface area contributed by atoms with Crippen LogP contribution < -0.4 is 10.1 Å². The monoisotopic (exact) mass is 324 g/mol. The average molecular weight is 324 g/mol. The van der Waals surface area contributed by atoms with Crippen molar-refractivity contribution in [1.82, 2.24) is 20.3 Å². The van der Waals surface area contributed by atoms with E-state index in [1.54, 1.807) is 4.68 Å². The lowest BCUT2D eigenvalue weighted by Gasteiger charge is -2.38. The maximum absolute atomic E-state index is 10.1. The van der Waals surface area contributed by atoms with Crippen molar-refractivity contribution in [2.75, 3.05) is 13.2 Å². The van der Waals surface area contributed by atoms with Crippen LogP contribution in [0.1, 0.15) is 17.5 Å². The molecule has 0 aliphatic carbocycles. The van der Waals surface area contributed by atoms with E-state index in [0.29, 0.717) is 13.2 Å². The summed E-state index contributed by atoms with van der Waals surface area (Å²) in [6.45, 7) is 1.22. The Balaban J connectivity index is 1.68. The van der Waals surface area contributed by atoms with Crippen molar-refractivity contribution in [3.05, 3.63) is 53.6 Å². The molecule has 2 aromatic carbocycles. The number of hydrogen-bond acceptors (Lipinski definition) is 5. The molecule has 24 heavy (non-hydrogen) atoms. The summed E-state index contributed by atoms with van der Waals surface area (Å²) in [5.41, 5.74) is 3.51. The number of aliphatic hydroxyl groups is 1. The van der Waals surface area contributed by atoms with Gasteiger partial charge in [0.1, 0.15) is 11.3 Å². The molecule has 1 unspecified atom stereocenters. The van der Waals surface area contributed by atoms with Crippen molar-refractivity contribution in [3.8, 4) is 5.75 Å². The zero-order valence-corrected chi connectivity index (χ0v) is 13.6. The Morgan fingerprint density at radius 2 is 2.12 bits per heavy atom. The first-order valence-electron chi connectivity index (χ1n) is 8.09.